The minimum absolute atomic E-state index is 0.833. The fraction of sp³-hybridized carbons (Fsp3) is 1.00. The molecule has 0 unspecified atom stereocenters. The summed E-state index contributed by atoms with van der Waals surface area (Å²) in [6, 6.07) is 0. The first-order valence-corrected chi connectivity index (χ1v) is 3.81. The van der Waals surface area contributed by atoms with Crippen LogP contribution in [-0.2, 0) is 4.74 Å². The molecule has 9 heavy (non-hydrogen) atoms. The van der Waals surface area contributed by atoms with Crippen molar-refractivity contribution in [3.63, 3.8) is 0 Å². The van der Waals surface area contributed by atoms with E-state index in [1.165, 1.54) is 0 Å². The van der Waals surface area contributed by atoms with Gasteiger partial charge >= 0.3 is 0 Å². The van der Waals surface area contributed by atoms with Gasteiger partial charge in [-0.25, -0.2) is 0 Å². The number of ether oxygens (including phenoxy) is 1. The Labute approximate surface area is 59.4 Å². The smallest absolute Gasteiger partial charge is 0.0701 e. The zero-order valence-electron chi connectivity index (χ0n) is 7.40. The Morgan fingerprint density at radius 2 is 1.11 bits per heavy atom. The monoisotopic (exact) mass is 132 g/mol. The van der Waals surface area contributed by atoms with Crippen molar-refractivity contribution in [3.05, 3.63) is 0 Å². The summed E-state index contributed by atoms with van der Waals surface area (Å²) in [6.45, 7) is 12.5. The van der Waals surface area contributed by atoms with Crippen LogP contribution < -0.4 is 0 Å². The molecule has 0 N–H and O–H groups in total. The Kier molecular flexibility index (Phi) is 14.1. The van der Waals surface area contributed by atoms with Crippen LogP contribution in [0.25, 0.3) is 0 Å². The molecule has 0 amide bonds. The van der Waals surface area contributed by atoms with Crippen LogP contribution >= 0.6 is 0 Å². The summed E-state index contributed by atoms with van der Waals surface area (Å²) in [7, 11) is 0. The molecule has 1 aliphatic heterocycles. The van der Waals surface area contributed by atoms with Crippen LogP contribution in [0.2, 0.25) is 0 Å². The Morgan fingerprint density at radius 3 is 1.11 bits per heavy atom. The molecule has 1 fully saturated rings. The Morgan fingerprint density at radius 1 is 1.00 bits per heavy atom. The van der Waals surface area contributed by atoms with Gasteiger partial charge in [-0.05, 0) is 5.92 Å². The lowest BCUT2D eigenvalue weighted by atomic mass is 10.3. The molecule has 0 aromatic heterocycles. The predicted molar refractivity (Wildman–Crippen MR) is 42.7 cm³/mol. The van der Waals surface area contributed by atoms with Gasteiger partial charge in [-0.2, -0.15) is 0 Å². The van der Waals surface area contributed by atoms with E-state index in [1.54, 1.807) is 0 Å². The van der Waals surface area contributed by atoms with E-state index < -0.39 is 0 Å². The van der Waals surface area contributed by atoms with Gasteiger partial charge in [-0.1, -0.05) is 34.6 Å². The van der Waals surface area contributed by atoms with E-state index in [2.05, 4.69) is 25.5 Å². The van der Waals surface area contributed by atoms with Gasteiger partial charge in [0.25, 0.3) is 0 Å². The van der Waals surface area contributed by atoms with Crippen molar-refractivity contribution in [2.24, 2.45) is 5.92 Å². The second-order valence-corrected chi connectivity index (χ2v) is 2.34. The lowest BCUT2D eigenvalue weighted by Gasteiger charge is -1.79. The lowest BCUT2D eigenvalue weighted by molar-refractivity contribution is 0.475. The zero-order valence-corrected chi connectivity index (χ0v) is 7.40. The summed E-state index contributed by atoms with van der Waals surface area (Å²) in [5.41, 5.74) is 0. The molecule has 0 bridgehead atoms. The number of rotatable bonds is 0. The molecule has 0 aromatic carbocycles. The standard InChI is InChI=1S/C4H10.C2H4O.C2H6/c1-4(2)3;1-2-3-1;1-2/h4H,1-3H3;1-2H2;1-2H3. The van der Waals surface area contributed by atoms with Crippen LogP contribution in [0, 0.1) is 5.92 Å². The maximum absolute atomic E-state index is 4.50. The normalized spacial score (nSPS) is 12.7. The van der Waals surface area contributed by atoms with Gasteiger partial charge in [0.1, 0.15) is 0 Å². The van der Waals surface area contributed by atoms with Crippen molar-refractivity contribution in [2.45, 2.75) is 34.6 Å². The Hall–Kier alpha value is -0.0400. The topological polar surface area (TPSA) is 12.5 Å². The van der Waals surface area contributed by atoms with Crippen molar-refractivity contribution >= 4 is 0 Å². The van der Waals surface area contributed by atoms with Gasteiger partial charge in [0.05, 0.1) is 13.2 Å². The third-order valence-electron chi connectivity index (χ3n) is 0.204. The van der Waals surface area contributed by atoms with E-state index in [-0.39, 0.29) is 0 Å². The molecule has 1 nitrogen and oxygen atoms in total. The number of epoxide rings is 1. The SMILES string of the molecule is C1CO1.CC.CC(C)C. The van der Waals surface area contributed by atoms with E-state index in [0.717, 1.165) is 19.1 Å². The van der Waals surface area contributed by atoms with E-state index in [1.807, 2.05) is 13.8 Å². The maximum Gasteiger partial charge on any atom is 0.0701 e. The molecule has 1 aliphatic rings. The number of hydrogen-bond donors (Lipinski definition) is 0. The van der Waals surface area contributed by atoms with E-state index in [9.17, 15) is 0 Å². The van der Waals surface area contributed by atoms with Crippen LogP contribution in [0.15, 0.2) is 0 Å². The molecule has 0 aromatic rings. The summed E-state index contributed by atoms with van der Waals surface area (Å²) >= 11 is 0. The molecule has 0 atom stereocenters. The zero-order chi connectivity index (χ0) is 7.70. The third kappa shape index (κ3) is 307. The highest BCUT2D eigenvalue weighted by Gasteiger charge is 1.94. The fourth-order valence-corrected chi connectivity index (χ4v) is 0. The lowest BCUT2D eigenvalue weighted by Crippen LogP contribution is -1.66. The predicted octanol–water partition coefficient (Wildman–Crippen LogP) is 2.71. The summed E-state index contributed by atoms with van der Waals surface area (Å²) in [5.74, 6) is 0.833. The Bertz CT molecular complexity index is 26.0. The minimum atomic E-state index is 0.833. The summed E-state index contributed by atoms with van der Waals surface area (Å²) in [4.78, 5) is 0. The van der Waals surface area contributed by atoms with E-state index >= 15 is 0 Å². The maximum atomic E-state index is 4.50. The minimum Gasteiger partial charge on any atom is -0.377 e. The largest absolute Gasteiger partial charge is 0.377 e. The van der Waals surface area contributed by atoms with Gasteiger partial charge < -0.3 is 4.74 Å². The number of hydrogen-bond acceptors (Lipinski definition) is 1. The molecule has 1 heterocycles. The highest BCUT2D eigenvalue weighted by molar-refractivity contribution is 4.36. The molecule has 0 aliphatic carbocycles. The molecular formula is C8H20O. The average molecular weight is 132 g/mol. The molecule has 0 spiro atoms. The van der Waals surface area contributed by atoms with Gasteiger partial charge in [-0.3, -0.25) is 0 Å². The molecule has 0 saturated carbocycles. The van der Waals surface area contributed by atoms with Crippen LogP contribution in [0.3, 0.4) is 0 Å². The van der Waals surface area contributed by atoms with Crippen molar-refractivity contribution in [2.75, 3.05) is 13.2 Å². The highest BCUT2D eigenvalue weighted by atomic mass is 16.6. The quantitative estimate of drug-likeness (QED) is 0.462. The molecule has 1 rings (SSSR count). The molecule has 1 saturated heterocycles. The van der Waals surface area contributed by atoms with E-state index in [4.69, 9.17) is 0 Å². The van der Waals surface area contributed by atoms with Crippen molar-refractivity contribution in [3.8, 4) is 0 Å². The first kappa shape index (κ1) is 11.7. The van der Waals surface area contributed by atoms with Crippen molar-refractivity contribution in [1.82, 2.24) is 0 Å². The summed E-state index contributed by atoms with van der Waals surface area (Å²) in [5, 5.41) is 0. The van der Waals surface area contributed by atoms with Gasteiger partial charge in [0, 0.05) is 0 Å². The van der Waals surface area contributed by atoms with Gasteiger partial charge in [-0.15, -0.1) is 0 Å². The van der Waals surface area contributed by atoms with Crippen LogP contribution in [0.4, 0.5) is 0 Å². The first-order chi connectivity index (χ1) is 4.23. The van der Waals surface area contributed by atoms with E-state index in [0.29, 0.717) is 0 Å². The second kappa shape index (κ2) is 10.9. The third-order valence-corrected chi connectivity index (χ3v) is 0.204. The van der Waals surface area contributed by atoms with Crippen LogP contribution in [0.1, 0.15) is 34.6 Å². The van der Waals surface area contributed by atoms with Crippen LogP contribution in [-0.4, -0.2) is 13.2 Å². The van der Waals surface area contributed by atoms with Crippen molar-refractivity contribution in [1.29, 1.82) is 0 Å². The first-order valence-electron chi connectivity index (χ1n) is 3.81. The highest BCUT2D eigenvalue weighted by Crippen LogP contribution is 1.84. The van der Waals surface area contributed by atoms with Crippen molar-refractivity contribution < 1.29 is 4.74 Å². The van der Waals surface area contributed by atoms with Gasteiger partial charge in [0.2, 0.25) is 0 Å². The summed E-state index contributed by atoms with van der Waals surface area (Å²) < 4.78 is 4.50. The molecule has 1 heteroatoms. The van der Waals surface area contributed by atoms with Gasteiger partial charge in [0.15, 0.2) is 0 Å². The molecule has 0 radical (unpaired) electrons. The molecular weight excluding hydrogens is 112 g/mol. The Balaban J connectivity index is 0. The molecule has 58 valence electrons. The average Bonchev–Trinajstić information content (AvgIpc) is 2.50. The fourth-order valence-electron chi connectivity index (χ4n) is 0. The second-order valence-electron chi connectivity index (χ2n) is 2.34. The summed E-state index contributed by atoms with van der Waals surface area (Å²) in [6.07, 6.45) is 0. The van der Waals surface area contributed by atoms with Crippen LogP contribution in [0.5, 0.6) is 0 Å².